The Morgan fingerprint density at radius 2 is 1.57 bits per heavy atom. The molecule has 148 valence electrons. The lowest BCUT2D eigenvalue weighted by Crippen LogP contribution is -2.52. The monoisotopic (exact) mass is 380 g/mol. The van der Waals surface area contributed by atoms with Gasteiger partial charge in [-0.05, 0) is 30.5 Å². The van der Waals surface area contributed by atoms with Gasteiger partial charge in [0.1, 0.15) is 6.04 Å². The number of rotatable bonds is 5. The van der Waals surface area contributed by atoms with Crippen LogP contribution in [0.15, 0.2) is 48.5 Å². The predicted octanol–water partition coefficient (Wildman–Crippen LogP) is 2.09. The van der Waals surface area contributed by atoms with Gasteiger partial charge in [0.15, 0.2) is 0 Å². The first-order valence-electron chi connectivity index (χ1n) is 9.63. The number of nitrogens with two attached hydrogens (primary N) is 1. The van der Waals surface area contributed by atoms with Gasteiger partial charge in [0.25, 0.3) is 0 Å². The quantitative estimate of drug-likeness (QED) is 0.833. The summed E-state index contributed by atoms with van der Waals surface area (Å²) in [6.45, 7) is 6.78. The maximum absolute atomic E-state index is 12.6. The van der Waals surface area contributed by atoms with Gasteiger partial charge in [-0.1, -0.05) is 48.5 Å². The third-order valence-electron chi connectivity index (χ3n) is 5.22. The summed E-state index contributed by atoms with van der Waals surface area (Å²) in [6.07, 6.45) is 0. The SMILES string of the molecule is Cc1cccc(C)c1NC(=O)CN1CCN(C(=O)C(N)c2ccccc2)CC1. The molecule has 3 N–H and O–H groups in total. The molecule has 6 nitrogen and oxygen atoms in total. The van der Waals surface area contributed by atoms with Crippen molar-refractivity contribution in [3.8, 4) is 0 Å². The van der Waals surface area contributed by atoms with E-state index in [1.807, 2.05) is 62.4 Å². The average molecular weight is 380 g/mol. The van der Waals surface area contributed by atoms with Crippen LogP contribution >= 0.6 is 0 Å². The number of hydrogen-bond donors (Lipinski definition) is 2. The Balaban J connectivity index is 1.50. The van der Waals surface area contributed by atoms with E-state index in [0.29, 0.717) is 32.7 Å². The number of aryl methyl sites for hydroxylation is 2. The number of nitrogens with one attached hydrogen (secondary N) is 1. The van der Waals surface area contributed by atoms with Crippen LogP contribution in [0.25, 0.3) is 0 Å². The van der Waals surface area contributed by atoms with Gasteiger partial charge < -0.3 is 16.0 Å². The van der Waals surface area contributed by atoms with E-state index in [-0.39, 0.29) is 11.8 Å². The Labute approximate surface area is 166 Å². The topological polar surface area (TPSA) is 78.7 Å². The van der Waals surface area contributed by atoms with E-state index in [2.05, 4.69) is 10.2 Å². The van der Waals surface area contributed by atoms with E-state index >= 15 is 0 Å². The van der Waals surface area contributed by atoms with Gasteiger partial charge in [0.05, 0.1) is 6.54 Å². The first kappa shape index (κ1) is 20.0. The van der Waals surface area contributed by atoms with Gasteiger partial charge in [-0.2, -0.15) is 0 Å². The molecule has 6 heteroatoms. The fourth-order valence-electron chi connectivity index (χ4n) is 3.52. The third-order valence-corrected chi connectivity index (χ3v) is 5.22. The number of hydrogen-bond acceptors (Lipinski definition) is 4. The average Bonchev–Trinajstić information content (AvgIpc) is 2.71. The van der Waals surface area contributed by atoms with E-state index in [4.69, 9.17) is 5.73 Å². The van der Waals surface area contributed by atoms with Crippen molar-refractivity contribution < 1.29 is 9.59 Å². The van der Waals surface area contributed by atoms with Crippen molar-refractivity contribution in [1.29, 1.82) is 0 Å². The molecule has 3 rings (SSSR count). The fraction of sp³-hybridized carbons (Fsp3) is 0.364. The van der Waals surface area contributed by atoms with Crippen molar-refractivity contribution in [2.45, 2.75) is 19.9 Å². The Morgan fingerprint density at radius 3 is 2.18 bits per heavy atom. The van der Waals surface area contributed by atoms with Gasteiger partial charge in [0.2, 0.25) is 11.8 Å². The maximum atomic E-state index is 12.6. The molecule has 0 radical (unpaired) electrons. The summed E-state index contributed by atoms with van der Waals surface area (Å²) >= 11 is 0. The van der Waals surface area contributed by atoms with E-state index in [1.165, 1.54) is 0 Å². The van der Waals surface area contributed by atoms with Crippen molar-refractivity contribution in [1.82, 2.24) is 9.80 Å². The molecule has 1 heterocycles. The molecule has 0 spiro atoms. The van der Waals surface area contributed by atoms with Gasteiger partial charge >= 0.3 is 0 Å². The molecule has 2 aromatic rings. The highest BCUT2D eigenvalue weighted by atomic mass is 16.2. The third kappa shape index (κ3) is 4.77. The van der Waals surface area contributed by atoms with Crippen LogP contribution in [0.2, 0.25) is 0 Å². The van der Waals surface area contributed by atoms with Crippen LogP contribution in [0, 0.1) is 13.8 Å². The predicted molar refractivity (Wildman–Crippen MR) is 111 cm³/mol. The Bertz CT molecular complexity index is 809. The summed E-state index contributed by atoms with van der Waals surface area (Å²) in [5.41, 5.74) is 9.95. The zero-order chi connectivity index (χ0) is 20.1. The van der Waals surface area contributed by atoms with E-state index in [1.54, 1.807) is 4.90 Å². The first-order chi connectivity index (χ1) is 13.5. The molecule has 1 aliphatic rings. The fourth-order valence-corrected chi connectivity index (χ4v) is 3.52. The number of carbonyl (C=O) groups is 2. The molecule has 1 unspecified atom stereocenters. The smallest absolute Gasteiger partial charge is 0.244 e. The second-order valence-corrected chi connectivity index (χ2v) is 7.30. The van der Waals surface area contributed by atoms with Crippen molar-refractivity contribution in [3.05, 3.63) is 65.2 Å². The molecule has 0 saturated carbocycles. The highest BCUT2D eigenvalue weighted by Gasteiger charge is 2.26. The number of nitrogens with zero attached hydrogens (tertiary/aromatic N) is 2. The molecule has 28 heavy (non-hydrogen) atoms. The largest absolute Gasteiger partial charge is 0.338 e. The lowest BCUT2D eigenvalue weighted by atomic mass is 10.1. The molecular weight excluding hydrogens is 352 g/mol. The van der Waals surface area contributed by atoms with E-state index < -0.39 is 6.04 Å². The minimum Gasteiger partial charge on any atom is -0.338 e. The number of amides is 2. The lowest BCUT2D eigenvalue weighted by Gasteiger charge is -2.35. The molecule has 1 saturated heterocycles. The zero-order valence-electron chi connectivity index (χ0n) is 16.5. The Kier molecular flexibility index (Phi) is 6.44. The normalized spacial score (nSPS) is 15.9. The van der Waals surface area contributed by atoms with E-state index in [9.17, 15) is 9.59 Å². The van der Waals surface area contributed by atoms with Crippen LogP contribution in [0.4, 0.5) is 5.69 Å². The molecule has 1 fully saturated rings. The van der Waals surface area contributed by atoms with E-state index in [0.717, 1.165) is 22.4 Å². The van der Waals surface area contributed by atoms with Gasteiger partial charge in [-0.3, -0.25) is 14.5 Å². The molecule has 1 atom stereocenters. The summed E-state index contributed by atoms with van der Waals surface area (Å²) in [7, 11) is 0. The van der Waals surface area contributed by atoms with Crippen LogP contribution in [-0.4, -0.2) is 54.3 Å². The van der Waals surface area contributed by atoms with Crippen LogP contribution in [0.1, 0.15) is 22.7 Å². The molecule has 2 aromatic carbocycles. The Morgan fingerprint density at radius 1 is 0.964 bits per heavy atom. The van der Waals surface area contributed by atoms with Crippen LogP contribution in [-0.2, 0) is 9.59 Å². The van der Waals surface area contributed by atoms with Gasteiger partial charge in [0, 0.05) is 31.9 Å². The summed E-state index contributed by atoms with van der Waals surface area (Å²) in [6, 6.07) is 14.7. The number of anilines is 1. The van der Waals surface area contributed by atoms with Crippen molar-refractivity contribution in [2.75, 3.05) is 38.0 Å². The Hall–Kier alpha value is -2.70. The standard InChI is InChI=1S/C22H28N4O2/c1-16-7-6-8-17(2)21(16)24-19(27)15-25-11-13-26(14-12-25)22(28)20(23)18-9-4-3-5-10-18/h3-10,20H,11-15,23H2,1-2H3,(H,24,27). The summed E-state index contributed by atoms with van der Waals surface area (Å²) in [5.74, 6) is -0.0935. The van der Waals surface area contributed by atoms with Crippen LogP contribution in [0.5, 0.6) is 0 Å². The molecule has 0 bridgehead atoms. The lowest BCUT2D eigenvalue weighted by molar-refractivity contribution is -0.134. The molecule has 0 aliphatic carbocycles. The summed E-state index contributed by atoms with van der Waals surface area (Å²) in [4.78, 5) is 28.9. The molecule has 0 aromatic heterocycles. The number of carbonyl (C=O) groups excluding carboxylic acids is 2. The van der Waals surface area contributed by atoms with Crippen molar-refractivity contribution in [3.63, 3.8) is 0 Å². The van der Waals surface area contributed by atoms with Gasteiger partial charge in [-0.15, -0.1) is 0 Å². The number of benzene rings is 2. The van der Waals surface area contributed by atoms with Crippen LogP contribution < -0.4 is 11.1 Å². The molecule has 1 aliphatic heterocycles. The first-order valence-corrected chi connectivity index (χ1v) is 9.63. The van der Waals surface area contributed by atoms with Gasteiger partial charge in [-0.25, -0.2) is 0 Å². The summed E-state index contributed by atoms with van der Waals surface area (Å²) in [5, 5.41) is 3.02. The minimum atomic E-state index is -0.639. The minimum absolute atomic E-state index is 0.0295. The zero-order valence-corrected chi connectivity index (χ0v) is 16.5. The van der Waals surface area contributed by atoms with Crippen molar-refractivity contribution >= 4 is 17.5 Å². The second-order valence-electron chi connectivity index (χ2n) is 7.30. The number of para-hydroxylation sites is 1. The van der Waals surface area contributed by atoms with Crippen molar-refractivity contribution in [2.24, 2.45) is 5.73 Å². The highest BCUT2D eigenvalue weighted by Crippen LogP contribution is 2.19. The number of piperazine rings is 1. The maximum Gasteiger partial charge on any atom is 0.244 e. The highest BCUT2D eigenvalue weighted by molar-refractivity contribution is 5.93. The molecule has 2 amide bonds. The van der Waals surface area contributed by atoms with Crippen LogP contribution in [0.3, 0.4) is 0 Å². The molecular formula is C22H28N4O2. The second kappa shape index (κ2) is 8.99. The summed E-state index contributed by atoms with van der Waals surface area (Å²) < 4.78 is 0.